The summed E-state index contributed by atoms with van der Waals surface area (Å²) in [6, 6.07) is 27.7. The lowest BCUT2D eigenvalue weighted by Crippen LogP contribution is -2.44. The van der Waals surface area contributed by atoms with Gasteiger partial charge in [-0.2, -0.15) is 0 Å². The number of likely N-dealkylation sites (tertiary alicyclic amines) is 3. The number of ketones is 3. The largest absolute Gasteiger partial charge is 0.443 e. The molecule has 3 N–H and O–H groups in total. The van der Waals surface area contributed by atoms with E-state index in [9.17, 15) is 44.1 Å². The summed E-state index contributed by atoms with van der Waals surface area (Å²) in [7, 11) is 0. The number of aromatic nitrogens is 6. The molecule has 10 unspecified atom stereocenters. The number of aliphatic hydroxyl groups is 3. The van der Waals surface area contributed by atoms with E-state index in [2.05, 4.69) is 54.9 Å². The highest BCUT2D eigenvalue weighted by molar-refractivity contribution is 7.13. The molecule has 3 fully saturated rings. The average molecular weight is 1550 g/mol. The molecule has 9 heterocycles. The van der Waals surface area contributed by atoms with E-state index in [0.29, 0.717) is 36.5 Å². The smallest absolute Gasteiger partial charge is 0.234 e. The van der Waals surface area contributed by atoms with Crippen LogP contribution in [0.3, 0.4) is 0 Å². The third-order valence-electron chi connectivity index (χ3n) is 21.7. The fourth-order valence-corrected chi connectivity index (χ4v) is 15.8. The van der Waals surface area contributed by atoms with Gasteiger partial charge in [0.25, 0.3) is 0 Å². The monoisotopic (exact) mass is 1550 g/mol. The predicted molar refractivity (Wildman–Crippen MR) is 427 cm³/mol. The number of oxazole rings is 1. The van der Waals surface area contributed by atoms with Crippen molar-refractivity contribution >= 4 is 46.4 Å². The second-order valence-corrected chi connectivity index (χ2v) is 35.7. The van der Waals surface area contributed by atoms with E-state index >= 15 is 0 Å². The highest BCUT2D eigenvalue weighted by Gasteiger charge is 2.47. The van der Waals surface area contributed by atoms with Gasteiger partial charge in [0.2, 0.25) is 17.7 Å². The van der Waals surface area contributed by atoms with Crippen LogP contribution in [-0.4, -0.2) is 152 Å². The van der Waals surface area contributed by atoms with Crippen LogP contribution in [0.4, 0.5) is 0 Å². The maximum atomic E-state index is 13.8. The Labute approximate surface area is 661 Å². The van der Waals surface area contributed by atoms with Crippen molar-refractivity contribution in [3.63, 3.8) is 0 Å². The molecule has 600 valence electrons. The van der Waals surface area contributed by atoms with E-state index in [0.717, 1.165) is 83.7 Å². The Kier molecular flexibility index (Phi) is 27.2. The number of Topliss-reactive ketones (excluding diaryl/α,β-unsaturated/α-hetero) is 3. The van der Waals surface area contributed by atoms with E-state index in [4.69, 9.17) is 22.5 Å². The summed E-state index contributed by atoms with van der Waals surface area (Å²) in [5.74, 6) is -0.377. The molecule has 10 atom stereocenters. The average Bonchev–Trinajstić information content (AvgIpc) is 1.65. The second kappa shape index (κ2) is 35.8. The fourth-order valence-electron chi connectivity index (χ4n) is 15.0. The quantitative estimate of drug-likeness (QED) is 0.0506. The molecule has 3 aliphatic rings. The third kappa shape index (κ3) is 20.3. The first-order valence-corrected chi connectivity index (χ1v) is 40.1. The number of aliphatic hydroxyl groups excluding tert-OH is 3. The minimum absolute atomic E-state index is 0.0154. The van der Waals surface area contributed by atoms with Gasteiger partial charge >= 0.3 is 0 Å². The SMILES string of the molecule is Cc1ncoc1-c1ccc(CCC(=O)C2CC(O)CN2C(=O)C(c2cc(C(C)(C)C)no2)C(C)C)cc1.Cc1ncsc1-c1ccc(C(C)CC(=O)C2CC(O)CN2C(=O)C(c2cc(C(C)(C)C)no2)C(C)C)cc1.Cc1nocc1-c1ccc(CCC(=O)C2CC(O)CN2C(=O)C(c2cc(C(C)(C)C)no2)C(C)C)cc1. The molecule has 9 aromatic rings. The van der Waals surface area contributed by atoms with Crippen LogP contribution in [0.5, 0.6) is 0 Å². The van der Waals surface area contributed by atoms with Crippen molar-refractivity contribution in [2.45, 2.75) is 259 Å². The molecule has 3 aromatic carbocycles. The van der Waals surface area contributed by atoms with Crippen LogP contribution in [-0.2, 0) is 57.9 Å². The predicted octanol–water partition coefficient (Wildman–Crippen LogP) is 15.5. The molecule has 0 bridgehead atoms. The Bertz CT molecular complexity index is 4480. The van der Waals surface area contributed by atoms with Gasteiger partial charge in [0.1, 0.15) is 41.3 Å². The maximum Gasteiger partial charge on any atom is 0.234 e. The molecule has 6 aromatic heterocycles. The van der Waals surface area contributed by atoms with Crippen LogP contribution < -0.4 is 0 Å². The number of carbonyl (C=O) groups is 6. The molecule has 12 rings (SSSR count). The van der Waals surface area contributed by atoms with Crippen molar-refractivity contribution in [3.05, 3.63) is 177 Å². The van der Waals surface area contributed by atoms with Crippen molar-refractivity contribution in [3.8, 4) is 32.9 Å². The van der Waals surface area contributed by atoms with Crippen molar-refractivity contribution in [1.29, 1.82) is 0 Å². The summed E-state index contributed by atoms with van der Waals surface area (Å²) in [5, 5.41) is 47.8. The van der Waals surface area contributed by atoms with Gasteiger partial charge in [0.15, 0.2) is 29.5 Å². The maximum absolute atomic E-state index is 13.8. The minimum Gasteiger partial charge on any atom is -0.443 e. The van der Waals surface area contributed by atoms with Crippen molar-refractivity contribution in [2.24, 2.45) is 17.8 Å². The number of amides is 3. The Hall–Kier alpha value is -9.36. The molecule has 0 radical (unpaired) electrons. The first kappa shape index (κ1) is 85.1. The van der Waals surface area contributed by atoms with E-state index < -0.39 is 54.2 Å². The Morgan fingerprint density at radius 2 is 0.866 bits per heavy atom. The highest BCUT2D eigenvalue weighted by atomic mass is 32.1. The normalized spacial score (nSPS) is 19.2. The zero-order valence-electron chi connectivity index (χ0n) is 68.4. The van der Waals surface area contributed by atoms with Gasteiger partial charge in [0, 0.05) is 104 Å². The van der Waals surface area contributed by atoms with Gasteiger partial charge in [-0.3, -0.25) is 28.8 Å². The van der Waals surface area contributed by atoms with Crippen LogP contribution in [0.25, 0.3) is 32.9 Å². The molecule has 24 heteroatoms. The molecule has 112 heavy (non-hydrogen) atoms. The summed E-state index contributed by atoms with van der Waals surface area (Å²) in [6.07, 6.45) is 3.61. The first-order chi connectivity index (χ1) is 52.8. The van der Waals surface area contributed by atoms with Crippen LogP contribution in [0.1, 0.15) is 241 Å². The summed E-state index contributed by atoms with van der Waals surface area (Å²) in [5.41, 5.74) is 13.3. The van der Waals surface area contributed by atoms with Crippen molar-refractivity contribution in [2.75, 3.05) is 19.6 Å². The number of carbonyl (C=O) groups excluding carboxylic acids is 6. The van der Waals surface area contributed by atoms with Crippen LogP contribution >= 0.6 is 11.3 Å². The van der Waals surface area contributed by atoms with E-state index in [-0.39, 0.29) is 127 Å². The lowest BCUT2D eigenvalue weighted by atomic mass is 9.87. The molecule has 3 aliphatic heterocycles. The molecule has 23 nitrogen and oxygen atoms in total. The van der Waals surface area contributed by atoms with E-state index in [1.807, 2.05) is 204 Å². The molecule has 3 amide bonds. The van der Waals surface area contributed by atoms with E-state index in [1.54, 1.807) is 32.3 Å². The number of hydrogen-bond acceptors (Lipinski definition) is 21. The standard InChI is InChI=1S/C30H39N3O4S.2C29H37N3O5/c1-17(2)27(25-14-26(32-37-25)30(5,6)7)29(36)33-15-22(34)13-23(33)24(35)12-18(3)20-8-10-21(11-9-20)28-19(4)31-16-38-28;1-17(2)27(25-14-26(31-37-25)29(4,5)6)28(35)32-15-21(33)13-23(32)24(34)12-9-19-7-10-20(11-8-19)22-16-36-30-18(22)3;1-17(2)26(24-14-25(31-37-24)29(4,5)6)28(35)32-15-21(33)13-22(32)23(34)12-9-19-7-10-20(11-8-19)27-18(3)30-16-36-27/h8-11,14,16-18,22-23,27,34H,12-13,15H2,1-7H3;7-8,10-11,14,16-17,21,23,27,33H,9,12-13,15H2,1-6H3;7-8,10-11,14,16-17,21-22,26,33H,9,12-13,15H2,1-6H3. The summed E-state index contributed by atoms with van der Waals surface area (Å²) in [4.78, 5) is 95.6. The fraction of sp³-hybridized carbons (Fsp3) is 0.523. The number of benzene rings is 3. The molecule has 3 saturated heterocycles. The topological polar surface area (TPSA) is 316 Å². The zero-order valence-corrected chi connectivity index (χ0v) is 69.3. The van der Waals surface area contributed by atoms with Gasteiger partial charge in [-0.25, -0.2) is 9.97 Å². The number of rotatable bonds is 24. The number of thiazole rings is 1. The lowest BCUT2D eigenvalue weighted by Gasteiger charge is -2.29. The molecule has 0 saturated carbocycles. The van der Waals surface area contributed by atoms with E-state index in [1.165, 1.54) is 6.39 Å². The molecular weight excluding hydrogens is 1440 g/mol. The van der Waals surface area contributed by atoms with Crippen molar-refractivity contribution in [1.82, 2.24) is 45.3 Å². The Morgan fingerprint density at radius 3 is 1.20 bits per heavy atom. The Morgan fingerprint density at radius 1 is 0.482 bits per heavy atom. The number of aryl methyl sites for hydroxylation is 5. The van der Waals surface area contributed by atoms with Crippen LogP contribution in [0.15, 0.2) is 132 Å². The van der Waals surface area contributed by atoms with Gasteiger partial charge < -0.3 is 52.5 Å². The summed E-state index contributed by atoms with van der Waals surface area (Å²) >= 11 is 1.62. The van der Waals surface area contributed by atoms with Crippen LogP contribution in [0.2, 0.25) is 0 Å². The van der Waals surface area contributed by atoms with Gasteiger partial charge in [0.05, 0.1) is 81.0 Å². The van der Waals surface area contributed by atoms with Gasteiger partial charge in [-0.15, -0.1) is 11.3 Å². The highest BCUT2D eigenvalue weighted by Crippen LogP contribution is 2.40. The number of β-amino-alcohol motifs (C(OH)–C–C–N with tert-alkyl or cyclic N) is 3. The first-order valence-electron chi connectivity index (χ1n) is 39.2. The molecular formula is C88H113N9O14S. The van der Waals surface area contributed by atoms with Crippen molar-refractivity contribution < 1.29 is 66.6 Å². The lowest BCUT2D eigenvalue weighted by molar-refractivity contribution is -0.140. The van der Waals surface area contributed by atoms with Gasteiger partial charge in [-0.05, 0) is 85.1 Å². The summed E-state index contributed by atoms with van der Waals surface area (Å²) < 4.78 is 27.3. The number of hydrogen-bond donors (Lipinski definition) is 3. The van der Waals surface area contributed by atoms with Crippen LogP contribution in [0, 0.1) is 38.5 Å². The Balaban J connectivity index is 0.000000178. The minimum atomic E-state index is -0.727. The summed E-state index contributed by atoms with van der Waals surface area (Å²) in [6.45, 7) is 38.3. The zero-order chi connectivity index (χ0) is 81.6. The second-order valence-electron chi connectivity index (χ2n) is 34.8. The number of nitrogens with zero attached hydrogens (tertiary/aromatic N) is 9. The molecule has 0 aliphatic carbocycles. The third-order valence-corrected chi connectivity index (χ3v) is 22.7. The molecule has 0 spiro atoms. The van der Waals surface area contributed by atoms with Gasteiger partial charge in [-0.1, -0.05) is 204 Å².